The molecule has 0 atom stereocenters. The number of para-hydroxylation sites is 1. The van der Waals surface area contributed by atoms with Gasteiger partial charge in [-0.15, -0.1) is 0 Å². The van der Waals surface area contributed by atoms with Crippen molar-refractivity contribution in [2.45, 2.75) is 20.4 Å². The van der Waals surface area contributed by atoms with Crippen molar-refractivity contribution in [3.05, 3.63) is 71.4 Å². The van der Waals surface area contributed by atoms with Gasteiger partial charge < -0.3 is 4.57 Å². The first-order chi connectivity index (χ1) is 9.65. The van der Waals surface area contributed by atoms with E-state index in [2.05, 4.69) is 22.8 Å². The van der Waals surface area contributed by atoms with Gasteiger partial charge >= 0.3 is 0 Å². The molecule has 0 unspecified atom stereocenters. The molecule has 20 heavy (non-hydrogen) atoms. The molecule has 0 N–H and O–H groups in total. The van der Waals surface area contributed by atoms with Gasteiger partial charge in [-0.2, -0.15) is 0 Å². The highest BCUT2D eigenvalue weighted by Gasteiger charge is 2.11. The minimum atomic E-state index is 0.148. The van der Waals surface area contributed by atoms with Crippen LogP contribution in [-0.2, 0) is 6.54 Å². The number of fused-ring (bicyclic) bond motifs is 1. The summed E-state index contributed by atoms with van der Waals surface area (Å²) in [5, 5.41) is 1.18. The fourth-order valence-corrected chi connectivity index (χ4v) is 2.53. The van der Waals surface area contributed by atoms with E-state index in [1.165, 1.54) is 10.9 Å². The second-order valence-corrected chi connectivity index (χ2v) is 5.22. The van der Waals surface area contributed by atoms with Crippen molar-refractivity contribution >= 4 is 16.7 Å². The zero-order valence-corrected chi connectivity index (χ0v) is 11.8. The second kappa shape index (κ2) is 4.97. The number of hydrogen-bond donors (Lipinski definition) is 0. The fraction of sp³-hybridized carbons (Fsp3) is 0.167. The molecule has 0 aliphatic heterocycles. The third-order valence-electron chi connectivity index (χ3n) is 3.69. The molecular formula is C18H17NO. The van der Waals surface area contributed by atoms with E-state index in [0.29, 0.717) is 6.54 Å². The molecule has 0 saturated heterocycles. The summed E-state index contributed by atoms with van der Waals surface area (Å²) in [5.74, 6) is 0.148. The van der Waals surface area contributed by atoms with Crippen LogP contribution in [0.15, 0.2) is 54.6 Å². The number of aromatic nitrogens is 1. The lowest BCUT2D eigenvalue weighted by molar-refractivity contribution is 0.0973. The number of benzene rings is 2. The Morgan fingerprint density at radius 2 is 1.70 bits per heavy atom. The number of nitrogens with zero attached hydrogens (tertiary/aromatic N) is 1. The van der Waals surface area contributed by atoms with Gasteiger partial charge in [0.05, 0.1) is 6.54 Å². The number of aryl methyl sites for hydroxylation is 2. The topological polar surface area (TPSA) is 22.0 Å². The molecule has 2 aromatic carbocycles. The minimum Gasteiger partial charge on any atom is -0.337 e. The maximum atomic E-state index is 12.4. The second-order valence-electron chi connectivity index (χ2n) is 5.22. The van der Waals surface area contributed by atoms with E-state index in [0.717, 1.165) is 16.8 Å². The average molecular weight is 263 g/mol. The van der Waals surface area contributed by atoms with Crippen molar-refractivity contribution in [1.29, 1.82) is 0 Å². The lowest BCUT2D eigenvalue weighted by Crippen LogP contribution is -2.11. The van der Waals surface area contributed by atoms with E-state index in [1.807, 2.05) is 50.2 Å². The van der Waals surface area contributed by atoms with Crippen LogP contribution in [-0.4, -0.2) is 10.4 Å². The fourth-order valence-electron chi connectivity index (χ4n) is 2.53. The van der Waals surface area contributed by atoms with Crippen LogP contribution < -0.4 is 0 Å². The SMILES string of the molecule is Cc1ccc(C(=O)Cn2c(C)cc3ccccc32)cc1. The average Bonchev–Trinajstić information content (AvgIpc) is 2.76. The monoisotopic (exact) mass is 263 g/mol. The van der Waals surface area contributed by atoms with Gasteiger partial charge in [0, 0.05) is 16.8 Å². The predicted octanol–water partition coefficient (Wildman–Crippen LogP) is 4.14. The molecule has 0 spiro atoms. The van der Waals surface area contributed by atoms with Crippen molar-refractivity contribution in [3.8, 4) is 0 Å². The molecular weight excluding hydrogens is 246 g/mol. The van der Waals surface area contributed by atoms with Crippen LogP contribution in [0.1, 0.15) is 21.6 Å². The van der Waals surface area contributed by atoms with E-state index in [4.69, 9.17) is 0 Å². The van der Waals surface area contributed by atoms with E-state index in [9.17, 15) is 4.79 Å². The number of ketones is 1. The van der Waals surface area contributed by atoms with Gasteiger partial charge in [-0.1, -0.05) is 48.0 Å². The van der Waals surface area contributed by atoms with Crippen molar-refractivity contribution in [2.24, 2.45) is 0 Å². The lowest BCUT2D eigenvalue weighted by atomic mass is 10.1. The van der Waals surface area contributed by atoms with Crippen molar-refractivity contribution in [3.63, 3.8) is 0 Å². The molecule has 0 aliphatic rings. The highest BCUT2D eigenvalue weighted by atomic mass is 16.1. The van der Waals surface area contributed by atoms with Gasteiger partial charge in [-0.05, 0) is 31.4 Å². The standard InChI is InChI=1S/C18H17NO/c1-13-7-9-15(10-8-13)18(20)12-19-14(2)11-16-5-3-4-6-17(16)19/h3-11H,12H2,1-2H3. The highest BCUT2D eigenvalue weighted by molar-refractivity contribution is 5.97. The van der Waals surface area contributed by atoms with Gasteiger partial charge in [-0.3, -0.25) is 4.79 Å². The number of carbonyl (C=O) groups excluding carboxylic acids is 1. The third kappa shape index (κ3) is 2.25. The van der Waals surface area contributed by atoms with Crippen LogP contribution in [0.4, 0.5) is 0 Å². The molecule has 1 aromatic heterocycles. The Morgan fingerprint density at radius 1 is 1.00 bits per heavy atom. The summed E-state index contributed by atoms with van der Waals surface area (Å²) in [6, 6.07) is 18.1. The molecule has 0 amide bonds. The Labute approximate surface area is 118 Å². The molecule has 0 fully saturated rings. The van der Waals surface area contributed by atoms with Crippen molar-refractivity contribution in [2.75, 3.05) is 0 Å². The Hall–Kier alpha value is -2.35. The summed E-state index contributed by atoms with van der Waals surface area (Å²) in [5.41, 5.74) is 4.18. The summed E-state index contributed by atoms with van der Waals surface area (Å²) >= 11 is 0. The van der Waals surface area contributed by atoms with E-state index in [1.54, 1.807) is 0 Å². The molecule has 2 nitrogen and oxygen atoms in total. The number of hydrogen-bond acceptors (Lipinski definition) is 1. The smallest absolute Gasteiger partial charge is 0.182 e. The number of Topliss-reactive ketones (excluding diaryl/α,β-unsaturated/α-hetero) is 1. The largest absolute Gasteiger partial charge is 0.337 e. The van der Waals surface area contributed by atoms with Crippen LogP contribution in [0.25, 0.3) is 10.9 Å². The Morgan fingerprint density at radius 3 is 2.45 bits per heavy atom. The Balaban J connectivity index is 1.95. The van der Waals surface area contributed by atoms with Gasteiger partial charge in [-0.25, -0.2) is 0 Å². The Kier molecular flexibility index (Phi) is 3.15. The van der Waals surface area contributed by atoms with Gasteiger partial charge in [0.1, 0.15) is 0 Å². The molecule has 2 heteroatoms. The maximum Gasteiger partial charge on any atom is 0.182 e. The zero-order valence-electron chi connectivity index (χ0n) is 11.8. The van der Waals surface area contributed by atoms with Crippen molar-refractivity contribution in [1.82, 2.24) is 4.57 Å². The first-order valence-corrected chi connectivity index (χ1v) is 6.80. The molecule has 100 valence electrons. The van der Waals surface area contributed by atoms with Crippen LogP contribution in [0.2, 0.25) is 0 Å². The highest BCUT2D eigenvalue weighted by Crippen LogP contribution is 2.19. The molecule has 0 aliphatic carbocycles. The van der Waals surface area contributed by atoms with Gasteiger partial charge in [0.25, 0.3) is 0 Å². The quantitative estimate of drug-likeness (QED) is 0.651. The molecule has 3 rings (SSSR count). The molecule has 0 saturated carbocycles. The van der Waals surface area contributed by atoms with Crippen molar-refractivity contribution < 1.29 is 4.79 Å². The first-order valence-electron chi connectivity index (χ1n) is 6.80. The van der Waals surface area contributed by atoms with Crippen LogP contribution in [0.3, 0.4) is 0 Å². The minimum absolute atomic E-state index is 0.148. The third-order valence-corrected chi connectivity index (χ3v) is 3.69. The van der Waals surface area contributed by atoms with Crippen LogP contribution >= 0.6 is 0 Å². The van der Waals surface area contributed by atoms with Crippen LogP contribution in [0.5, 0.6) is 0 Å². The summed E-state index contributed by atoms with van der Waals surface area (Å²) in [7, 11) is 0. The zero-order chi connectivity index (χ0) is 14.1. The van der Waals surface area contributed by atoms with Crippen LogP contribution in [0, 0.1) is 13.8 Å². The predicted molar refractivity (Wildman–Crippen MR) is 82.2 cm³/mol. The molecule has 3 aromatic rings. The summed E-state index contributed by atoms with van der Waals surface area (Å²) in [6.07, 6.45) is 0. The summed E-state index contributed by atoms with van der Waals surface area (Å²) < 4.78 is 2.08. The number of rotatable bonds is 3. The van der Waals surface area contributed by atoms with Gasteiger partial charge in [0.15, 0.2) is 5.78 Å². The maximum absolute atomic E-state index is 12.4. The summed E-state index contributed by atoms with van der Waals surface area (Å²) in [6.45, 7) is 4.46. The van der Waals surface area contributed by atoms with E-state index >= 15 is 0 Å². The van der Waals surface area contributed by atoms with E-state index in [-0.39, 0.29) is 5.78 Å². The first kappa shape index (κ1) is 12.7. The normalized spacial score (nSPS) is 10.9. The molecule has 0 bridgehead atoms. The lowest BCUT2D eigenvalue weighted by Gasteiger charge is -2.08. The van der Waals surface area contributed by atoms with E-state index < -0.39 is 0 Å². The molecule has 1 heterocycles. The summed E-state index contributed by atoms with van der Waals surface area (Å²) in [4.78, 5) is 12.4. The Bertz CT molecular complexity index is 766. The molecule has 0 radical (unpaired) electrons. The van der Waals surface area contributed by atoms with Gasteiger partial charge in [0.2, 0.25) is 0 Å². The number of carbonyl (C=O) groups is 1.